The minimum Gasteiger partial charge on any atom is -0.480 e. The number of halogens is 2. The molecule has 0 saturated carbocycles. The van der Waals surface area contributed by atoms with Gasteiger partial charge in [0.1, 0.15) is 11.6 Å². The van der Waals surface area contributed by atoms with Crippen LogP contribution >= 0.6 is 0 Å². The molecule has 0 radical (unpaired) electrons. The van der Waals surface area contributed by atoms with Gasteiger partial charge in [0.15, 0.2) is 0 Å². The third-order valence-corrected chi connectivity index (χ3v) is 3.01. The Morgan fingerprint density at radius 1 is 1.47 bits per heavy atom. The van der Waals surface area contributed by atoms with Gasteiger partial charge in [-0.2, -0.15) is 0 Å². The number of nitrogens with one attached hydrogen (secondary N) is 1. The second-order valence-electron chi connectivity index (χ2n) is 4.24. The molecule has 1 unspecified atom stereocenters. The zero-order valence-electron chi connectivity index (χ0n) is 9.17. The first-order valence-corrected chi connectivity index (χ1v) is 5.48. The molecular weight excluding hydrogens is 228 g/mol. The average molecular weight is 241 g/mol. The largest absolute Gasteiger partial charge is 0.480 e. The second-order valence-corrected chi connectivity index (χ2v) is 4.24. The van der Waals surface area contributed by atoms with Gasteiger partial charge in [-0.1, -0.05) is 0 Å². The molecule has 92 valence electrons. The van der Waals surface area contributed by atoms with Gasteiger partial charge in [0, 0.05) is 12.1 Å². The lowest BCUT2D eigenvalue weighted by Gasteiger charge is -2.25. The average Bonchev–Trinajstić information content (AvgIpc) is 2.26. The van der Waals surface area contributed by atoms with Crippen LogP contribution in [-0.2, 0) is 17.6 Å². The molecule has 1 aromatic carbocycles. The topological polar surface area (TPSA) is 49.3 Å². The predicted octanol–water partition coefficient (Wildman–Crippen LogP) is 1.50. The van der Waals surface area contributed by atoms with Crippen molar-refractivity contribution in [3.63, 3.8) is 0 Å². The summed E-state index contributed by atoms with van der Waals surface area (Å²) in [5.74, 6) is -2.03. The number of benzene rings is 1. The molecule has 3 nitrogen and oxygen atoms in total. The van der Waals surface area contributed by atoms with Crippen molar-refractivity contribution >= 4 is 5.97 Å². The summed E-state index contributed by atoms with van der Waals surface area (Å²) in [6.45, 7) is -0.136. The summed E-state index contributed by atoms with van der Waals surface area (Å²) in [6.07, 6.45) is 1.68. The van der Waals surface area contributed by atoms with Crippen molar-refractivity contribution in [3.05, 3.63) is 34.9 Å². The summed E-state index contributed by atoms with van der Waals surface area (Å²) in [5.41, 5.74) is 1.19. The quantitative estimate of drug-likeness (QED) is 0.843. The highest BCUT2D eigenvalue weighted by atomic mass is 19.1. The molecule has 1 atom stereocenters. The maximum Gasteiger partial charge on any atom is 0.317 e. The van der Waals surface area contributed by atoms with E-state index in [4.69, 9.17) is 5.11 Å². The first-order valence-electron chi connectivity index (χ1n) is 5.48. The van der Waals surface area contributed by atoms with E-state index in [9.17, 15) is 13.6 Å². The van der Waals surface area contributed by atoms with Crippen molar-refractivity contribution in [2.24, 2.45) is 0 Å². The van der Waals surface area contributed by atoms with Gasteiger partial charge < -0.3 is 10.4 Å². The van der Waals surface area contributed by atoms with Gasteiger partial charge in [0.25, 0.3) is 0 Å². The van der Waals surface area contributed by atoms with Gasteiger partial charge in [0.2, 0.25) is 0 Å². The van der Waals surface area contributed by atoms with Crippen LogP contribution in [0.3, 0.4) is 0 Å². The maximum atomic E-state index is 13.5. The number of rotatable bonds is 3. The van der Waals surface area contributed by atoms with Crippen LogP contribution in [0, 0.1) is 11.6 Å². The molecule has 1 aliphatic carbocycles. The van der Waals surface area contributed by atoms with Crippen molar-refractivity contribution in [1.29, 1.82) is 0 Å². The summed E-state index contributed by atoms with van der Waals surface area (Å²) in [4.78, 5) is 10.4. The summed E-state index contributed by atoms with van der Waals surface area (Å²) >= 11 is 0. The van der Waals surface area contributed by atoms with Gasteiger partial charge >= 0.3 is 5.97 Å². The summed E-state index contributed by atoms with van der Waals surface area (Å²) in [5, 5.41) is 11.4. The number of aryl methyl sites for hydroxylation is 1. The van der Waals surface area contributed by atoms with Crippen LogP contribution in [0.1, 0.15) is 17.5 Å². The molecule has 0 amide bonds. The van der Waals surface area contributed by atoms with Crippen molar-refractivity contribution in [2.75, 3.05) is 6.54 Å². The normalized spacial score (nSPS) is 18.8. The number of hydrogen-bond donors (Lipinski definition) is 2. The van der Waals surface area contributed by atoms with E-state index in [1.807, 2.05) is 0 Å². The fourth-order valence-electron chi connectivity index (χ4n) is 2.19. The van der Waals surface area contributed by atoms with E-state index in [0.29, 0.717) is 30.4 Å². The van der Waals surface area contributed by atoms with Gasteiger partial charge in [0.05, 0.1) is 6.54 Å². The van der Waals surface area contributed by atoms with E-state index in [2.05, 4.69) is 5.32 Å². The van der Waals surface area contributed by atoms with Crippen LogP contribution in [-0.4, -0.2) is 23.7 Å². The van der Waals surface area contributed by atoms with Crippen molar-refractivity contribution in [2.45, 2.75) is 25.3 Å². The van der Waals surface area contributed by atoms with Gasteiger partial charge in [-0.3, -0.25) is 4.79 Å². The minimum atomic E-state index is -0.935. The van der Waals surface area contributed by atoms with Crippen LogP contribution in [0.4, 0.5) is 8.78 Å². The van der Waals surface area contributed by atoms with Gasteiger partial charge in [-0.25, -0.2) is 8.78 Å². The highest BCUT2D eigenvalue weighted by Crippen LogP contribution is 2.25. The molecule has 0 spiro atoms. The highest BCUT2D eigenvalue weighted by Gasteiger charge is 2.22. The van der Waals surface area contributed by atoms with Crippen LogP contribution in [0.15, 0.2) is 12.1 Å². The molecule has 2 N–H and O–H groups in total. The predicted molar refractivity (Wildman–Crippen MR) is 57.8 cm³/mol. The number of carboxylic acids is 1. The molecule has 17 heavy (non-hydrogen) atoms. The first-order chi connectivity index (χ1) is 8.06. The smallest absolute Gasteiger partial charge is 0.317 e. The molecule has 5 heteroatoms. The Bertz CT molecular complexity index is 448. The Balaban J connectivity index is 2.10. The lowest BCUT2D eigenvalue weighted by atomic mass is 9.88. The van der Waals surface area contributed by atoms with Crippen LogP contribution < -0.4 is 5.32 Å². The van der Waals surface area contributed by atoms with Crippen LogP contribution in [0.25, 0.3) is 0 Å². The van der Waals surface area contributed by atoms with Crippen LogP contribution in [0.5, 0.6) is 0 Å². The molecule has 1 aromatic rings. The lowest BCUT2D eigenvalue weighted by molar-refractivity contribution is -0.136. The highest BCUT2D eigenvalue weighted by molar-refractivity contribution is 5.69. The molecule has 0 aliphatic heterocycles. The second kappa shape index (κ2) is 4.79. The number of fused-ring (bicyclic) bond motifs is 1. The Kier molecular flexibility index (Phi) is 3.38. The first kappa shape index (κ1) is 12.0. The van der Waals surface area contributed by atoms with Crippen molar-refractivity contribution < 1.29 is 18.7 Å². The number of carboxylic acid groups (broad SMARTS) is 1. The third-order valence-electron chi connectivity index (χ3n) is 3.01. The van der Waals surface area contributed by atoms with E-state index in [1.54, 1.807) is 0 Å². The fourth-order valence-corrected chi connectivity index (χ4v) is 2.19. The van der Waals surface area contributed by atoms with Crippen molar-refractivity contribution in [1.82, 2.24) is 5.32 Å². The zero-order chi connectivity index (χ0) is 12.4. The fraction of sp³-hybridized carbons (Fsp3) is 0.417. The standard InChI is InChI=1S/C12H13F2NO2/c13-8-3-7-1-2-9(15-6-12(16)17)5-10(7)11(14)4-8/h3-4,9,15H,1-2,5-6H2,(H,16,17). The number of carbonyl (C=O) groups is 1. The molecule has 1 aliphatic rings. The van der Waals surface area contributed by atoms with Crippen molar-refractivity contribution in [3.8, 4) is 0 Å². The molecule has 0 heterocycles. The summed E-state index contributed by atoms with van der Waals surface area (Å²) in [6, 6.07) is 2.17. The molecule has 0 aromatic heterocycles. The van der Waals surface area contributed by atoms with Gasteiger partial charge in [-0.05, 0) is 36.5 Å². The molecule has 0 fully saturated rings. The summed E-state index contributed by atoms with van der Waals surface area (Å²) < 4.78 is 26.5. The SMILES string of the molecule is O=C(O)CNC1CCc2cc(F)cc(F)c2C1. The lowest BCUT2D eigenvalue weighted by Crippen LogP contribution is -2.38. The van der Waals surface area contributed by atoms with E-state index >= 15 is 0 Å². The Labute approximate surface area is 97.5 Å². The molecule has 0 bridgehead atoms. The Morgan fingerprint density at radius 3 is 2.94 bits per heavy atom. The third kappa shape index (κ3) is 2.79. The number of aliphatic carboxylic acids is 1. The summed E-state index contributed by atoms with van der Waals surface area (Å²) in [7, 11) is 0. The minimum absolute atomic E-state index is 0.0569. The molecule has 0 saturated heterocycles. The van der Waals surface area contributed by atoms with E-state index in [1.165, 1.54) is 6.07 Å². The number of hydrogen-bond acceptors (Lipinski definition) is 2. The maximum absolute atomic E-state index is 13.5. The van der Waals surface area contributed by atoms with E-state index in [0.717, 1.165) is 6.07 Å². The molecular formula is C12H13F2NO2. The Morgan fingerprint density at radius 2 is 2.24 bits per heavy atom. The van der Waals surface area contributed by atoms with Gasteiger partial charge in [-0.15, -0.1) is 0 Å². The van der Waals surface area contributed by atoms with E-state index in [-0.39, 0.29) is 12.6 Å². The van der Waals surface area contributed by atoms with Crippen LogP contribution in [0.2, 0.25) is 0 Å². The van der Waals surface area contributed by atoms with E-state index < -0.39 is 17.6 Å². The Hall–Kier alpha value is -1.49. The zero-order valence-corrected chi connectivity index (χ0v) is 9.17. The molecule has 2 rings (SSSR count). The monoisotopic (exact) mass is 241 g/mol.